The molecule has 4 atom stereocenters. The van der Waals surface area contributed by atoms with Crippen molar-refractivity contribution in [2.45, 2.75) is 43.3 Å². The van der Waals surface area contributed by atoms with E-state index >= 15 is 0 Å². The minimum atomic E-state index is -1.17. The molecule has 5 rings (SSSR count). The Kier molecular flexibility index (Phi) is 6.20. The molecule has 32 heavy (non-hydrogen) atoms. The van der Waals surface area contributed by atoms with Crippen LogP contribution in [0.15, 0.2) is 36.7 Å². The summed E-state index contributed by atoms with van der Waals surface area (Å²) in [6, 6.07) is 10.6. The molecule has 4 heterocycles. The molecule has 2 fully saturated rings. The molecule has 2 aromatic heterocycles. The summed E-state index contributed by atoms with van der Waals surface area (Å²) in [6.45, 7) is 1.69. The van der Waals surface area contributed by atoms with Gasteiger partial charge in [-0.2, -0.15) is 9.97 Å². The van der Waals surface area contributed by atoms with Crippen LogP contribution in [0.25, 0.3) is 11.2 Å². The maximum atomic E-state index is 10.4. The molecule has 2 aliphatic rings. The largest absolute Gasteiger partial charge is 0.387 e. The Hall–Kier alpha value is -2.01. The minimum absolute atomic E-state index is 0.0443. The van der Waals surface area contributed by atoms with E-state index in [1.165, 1.54) is 11.9 Å². The van der Waals surface area contributed by atoms with Gasteiger partial charge in [0.25, 0.3) is 0 Å². The molecule has 170 valence electrons. The van der Waals surface area contributed by atoms with Crippen molar-refractivity contribution >= 4 is 40.2 Å². The van der Waals surface area contributed by atoms with E-state index in [0.29, 0.717) is 22.9 Å². The first kappa shape index (κ1) is 21.8. The second kappa shape index (κ2) is 9.09. The average molecular weight is 479 g/mol. The second-order valence-electron chi connectivity index (χ2n) is 8.15. The molecule has 3 N–H and O–H groups in total. The van der Waals surface area contributed by atoms with Crippen LogP contribution in [-0.2, 0) is 4.74 Å². The SMILES string of the molecule is O[C@@H]1[C@H](O)[C@@H](CCl)O[C@H]1n1cnc2c(NN3CCC(c4ccccc4)CC3)nc(Cl)nc21. The third kappa shape index (κ3) is 4.05. The molecule has 0 unspecified atom stereocenters. The molecule has 0 spiro atoms. The lowest BCUT2D eigenvalue weighted by Gasteiger charge is -2.32. The zero-order valence-electron chi connectivity index (χ0n) is 17.2. The van der Waals surface area contributed by atoms with Gasteiger partial charge in [-0.25, -0.2) is 9.99 Å². The number of aliphatic hydroxyl groups is 2. The highest BCUT2D eigenvalue weighted by atomic mass is 35.5. The number of rotatable bonds is 5. The van der Waals surface area contributed by atoms with Crippen molar-refractivity contribution < 1.29 is 14.9 Å². The molecule has 0 aliphatic carbocycles. The van der Waals surface area contributed by atoms with Crippen LogP contribution in [0.5, 0.6) is 0 Å². The Bertz CT molecular complexity index is 1080. The number of fused-ring (bicyclic) bond motifs is 1. The number of benzene rings is 1. The van der Waals surface area contributed by atoms with Gasteiger partial charge in [0.15, 0.2) is 23.2 Å². The van der Waals surface area contributed by atoms with Crippen molar-refractivity contribution in [2.75, 3.05) is 24.4 Å². The number of aliphatic hydroxyl groups excluding tert-OH is 2. The van der Waals surface area contributed by atoms with Gasteiger partial charge in [0, 0.05) is 13.1 Å². The Morgan fingerprint density at radius 2 is 1.84 bits per heavy atom. The van der Waals surface area contributed by atoms with Crippen molar-refractivity contribution in [3.8, 4) is 0 Å². The lowest BCUT2D eigenvalue weighted by atomic mass is 9.90. The van der Waals surface area contributed by atoms with Gasteiger partial charge in [-0.3, -0.25) is 4.57 Å². The molecule has 0 bridgehead atoms. The molecule has 0 amide bonds. The second-order valence-corrected chi connectivity index (χ2v) is 8.80. The first-order valence-corrected chi connectivity index (χ1v) is 11.5. The number of anilines is 1. The Morgan fingerprint density at radius 3 is 2.53 bits per heavy atom. The van der Waals surface area contributed by atoms with E-state index in [0.717, 1.165) is 25.9 Å². The Labute approximate surface area is 194 Å². The average Bonchev–Trinajstić information content (AvgIpc) is 3.35. The molecular weight excluding hydrogens is 455 g/mol. The summed E-state index contributed by atoms with van der Waals surface area (Å²) < 4.78 is 7.28. The van der Waals surface area contributed by atoms with Gasteiger partial charge < -0.3 is 20.4 Å². The molecule has 3 aromatic rings. The van der Waals surface area contributed by atoms with Crippen LogP contribution in [0.2, 0.25) is 5.28 Å². The highest BCUT2D eigenvalue weighted by Crippen LogP contribution is 2.34. The highest BCUT2D eigenvalue weighted by molar-refractivity contribution is 6.28. The Morgan fingerprint density at radius 1 is 1.09 bits per heavy atom. The topological polar surface area (TPSA) is 109 Å². The number of nitrogens with zero attached hydrogens (tertiary/aromatic N) is 5. The molecule has 0 radical (unpaired) electrons. The first-order chi connectivity index (χ1) is 15.5. The molecule has 9 nitrogen and oxygen atoms in total. The van der Waals surface area contributed by atoms with Crippen molar-refractivity contribution in [2.24, 2.45) is 0 Å². The van der Waals surface area contributed by atoms with E-state index in [9.17, 15) is 10.2 Å². The first-order valence-electron chi connectivity index (χ1n) is 10.6. The van der Waals surface area contributed by atoms with Gasteiger partial charge in [0.1, 0.15) is 18.3 Å². The number of hydrogen-bond donors (Lipinski definition) is 3. The predicted octanol–water partition coefficient (Wildman–Crippen LogP) is 2.54. The number of hydrazine groups is 1. The molecule has 2 aliphatic heterocycles. The normalized spacial score (nSPS) is 27.2. The third-order valence-electron chi connectivity index (χ3n) is 6.19. The number of ether oxygens (including phenoxy) is 1. The maximum Gasteiger partial charge on any atom is 0.226 e. The van der Waals surface area contributed by atoms with Crippen LogP contribution in [0.1, 0.15) is 30.6 Å². The quantitative estimate of drug-likeness (QED) is 0.379. The lowest BCUT2D eigenvalue weighted by Crippen LogP contribution is -2.37. The summed E-state index contributed by atoms with van der Waals surface area (Å²) in [5.74, 6) is 1.08. The van der Waals surface area contributed by atoms with Crippen LogP contribution in [0, 0.1) is 0 Å². The summed E-state index contributed by atoms with van der Waals surface area (Å²) in [4.78, 5) is 13.0. The fourth-order valence-corrected chi connectivity index (χ4v) is 4.86. The summed E-state index contributed by atoms with van der Waals surface area (Å²) in [7, 11) is 0. The van der Waals surface area contributed by atoms with Gasteiger partial charge in [0.2, 0.25) is 5.28 Å². The van der Waals surface area contributed by atoms with Crippen LogP contribution in [0.4, 0.5) is 5.82 Å². The molecule has 11 heteroatoms. The van der Waals surface area contributed by atoms with Gasteiger partial charge in [-0.05, 0) is 35.9 Å². The maximum absolute atomic E-state index is 10.4. The molecule has 0 saturated carbocycles. The number of hydrogen-bond acceptors (Lipinski definition) is 8. The van der Waals surface area contributed by atoms with Gasteiger partial charge in [0.05, 0.1) is 12.2 Å². The molecule has 2 saturated heterocycles. The summed E-state index contributed by atoms with van der Waals surface area (Å²) in [5, 5.41) is 22.7. The zero-order chi connectivity index (χ0) is 22.2. The zero-order valence-corrected chi connectivity index (χ0v) is 18.7. The van der Waals surface area contributed by atoms with E-state index in [1.807, 2.05) is 6.07 Å². The van der Waals surface area contributed by atoms with Gasteiger partial charge in [-0.1, -0.05) is 30.3 Å². The van der Waals surface area contributed by atoms with E-state index in [-0.39, 0.29) is 11.2 Å². The number of nitrogens with one attached hydrogen (secondary N) is 1. The minimum Gasteiger partial charge on any atom is -0.387 e. The van der Waals surface area contributed by atoms with Crippen LogP contribution in [-0.4, -0.2) is 72.0 Å². The van der Waals surface area contributed by atoms with E-state index in [2.05, 4.69) is 49.7 Å². The predicted molar refractivity (Wildman–Crippen MR) is 121 cm³/mol. The van der Waals surface area contributed by atoms with E-state index < -0.39 is 24.5 Å². The van der Waals surface area contributed by atoms with Crippen molar-refractivity contribution in [1.29, 1.82) is 0 Å². The third-order valence-corrected chi connectivity index (χ3v) is 6.66. The molecular formula is C21H24Cl2N6O3. The fraction of sp³-hybridized carbons (Fsp3) is 0.476. The van der Waals surface area contributed by atoms with Crippen LogP contribution >= 0.6 is 23.2 Å². The highest BCUT2D eigenvalue weighted by Gasteiger charge is 2.44. The Balaban J connectivity index is 1.35. The molecule has 1 aromatic carbocycles. The van der Waals surface area contributed by atoms with E-state index in [1.54, 1.807) is 4.57 Å². The van der Waals surface area contributed by atoms with Gasteiger partial charge in [-0.15, -0.1) is 11.6 Å². The standard InChI is InChI=1S/C21H24Cl2N6O3/c22-10-14-16(30)17(31)20(32-14)29-11-24-15-18(25-21(23)26-19(15)29)27-28-8-6-13(7-9-28)12-4-2-1-3-5-12/h1-5,11,13-14,16-17,20,30-31H,6-10H2,(H,25,26,27)/t14-,16-,17-,20-/m1/s1. The lowest BCUT2D eigenvalue weighted by molar-refractivity contribution is -0.0291. The monoisotopic (exact) mass is 478 g/mol. The van der Waals surface area contributed by atoms with Crippen LogP contribution in [0.3, 0.4) is 0 Å². The van der Waals surface area contributed by atoms with Gasteiger partial charge >= 0.3 is 0 Å². The number of alkyl halides is 1. The number of aromatic nitrogens is 4. The fourth-order valence-electron chi connectivity index (χ4n) is 4.44. The van der Waals surface area contributed by atoms with Crippen molar-refractivity contribution in [3.05, 3.63) is 47.5 Å². The summed E-state index contributed by atoms with van der Waals surface area (Å²) in [5.41, 5.74) is 5.60. The van der Waals surface area contributed by atoms with E-state index in [4.69, 9.17) is 27.9 Å². The number of halogens is 2. The number of piperidine rings is 1. The van der Waals surface area contributed by atoms with Crippen molar-refractivity contribution in [3.63, 3.8) is 0 Å². The summed E-state index contributed by atoms with van der Waals surface area (Å²) >= 11 is 12.0. The number of imidazole rings is 1. The smallest absolute Gasteiger partial charge is 0.226 e. The van der Waals surface area contributed by atoms with Crippen LogP contribution < -0.4 is 5.43 Å². The van der Waals surface area contributed by atoms with Crippen molar-refractivity contribution in [1.82, 2.24) is 24.5 Å². The summed E-state index contributed by atoms with van der Waals surface area (Å²) in [6.07, 6.45) is -0.289.